The molecule has 0 unspecified atom stereocenters. The monoisotopic (exact) mass is 475 g/mol. The van der Waals surface area contributed by atoms with Crippen LogP contribution in [0, 0.1) is 0 Å². The highest BCUT2D eigenvalue weighted by atomic mass is 35.5. The van der Waals surface area contributed by atoms with Gasteiger partial charge < -0.3 is 14.8 Å². The largest absolute Gasteiger partial charge is 0.480 e. The van der Waals surface area contributed by atoms with Gasteiger partial charge in [0.25, 0.3) is 0 Å². The molecule has 1 atom stereocenters. The number of hydrogen-bond donors (Lipinski definition) is 2. The average molecular weight is 476 g/mol. The molecule has 0 saturated carbocycles. The van der Waals surface area contributed by atoms with Gasteiger partial charge in [0.1, 0.15) is 6.04 Å². The second-order valence-electron chi connectivity index (χ2n) is 7.39. The average Bonchev–Trinajstić information content (AvgIpc) is 3.16. The van der Waals surface area contributed by atoms with Crippen LogP contribution in [-0.2, 0) is 24.2 Å². The van der Waals surface area contributed by atoms with Gasteiger partial charge in [-0.2, -0.15) is 0 Å². The number of amides is 1. The number of hydrogen-bond acceptors (Lipinski definition) is 3. The molecule has 0 saturated heterocycles. The minimum atomic E-state index is -1.27. The molecular formula is C23H23Cl2N3O4. The van der Waals surface area contributed by atoms with Gasteiger partial charge in [0.05, 0.1) is 6.33 Å². The second kappa shape index (κ2) is 11.0. The number of halogens is 2. The van der Waals surface area contributed by atoms with Gasteiger partial charge in [-0.15, -0.1) is 0 Å². The van der Waals surface area contributed by atoms with Crippen molar-refractivity contribution in [3.8, 4) is 0 Å². The lowest BCUT2D eigenvalue weighted by molar-refractivity contribution is -0.142. The van der Waals surface area contributed by atoms with Gasteiger partial charge in [0.2, 0.25) is 0 Å². The number of aryl methyl sites for hydroxylation is 1. The molecule has 2 aromatic carbocycles. The van der Waals surface area contributed by atoms with Crippen LogP contribution in [0.3, 0.4) is 0 Å². The third-order valence-electron chi connectivity index (χ3n) is 5.14. The van der Waals surface area contributed by atoms with Gasteiger partial charge in [0, 0.05) is 41.4 Å². The summed E-state index contributed by atoms with van der Waals surface area (Å²) in [7, 11) is 0. The van der Waals surface area contributed by atoms with Crippen LogP contribution in [-0.4, -0.2) is 49.3 Å². The molecule has 0 radical (unpaired) electrons. The molecule has 0 bridgehead atoms. The molecule has 2 N–H and O–H groups in total. The third kappa shape index (κ3) is 6.48. The van der Waals surface area contributed by atoms with E-state index in [1.165, 1.54) is 0 Å². The van der Waals surface area contributed by atoms with Crippen LogP contribution in [0.1, 0.15) is 23.2 Å². The van der Waals surface area contributed by atoms with Crippen molar-refractivity contribution >= 4 is 35.3 Å². The maximum absolute atomic E-state index is 11.9. The molecule has 0 aliphatic heterocycles. The van der Waals surface area contributed by atoms with Crippen molar-refractivity contribution in [1.29, 1.82) is 0 Å². The fraction of sp³-hybridized carbons (Fsp3) is 0.261. The van der Waals surface area contributed by atoms with Crippen LogP contribution >= 0.6 is 23.2 Å². The van der Waals surface area contributed by atoms with Crippen molar-refractivity contribution in [2.24, 2.45) is 0 Å². The Morgan fingerprint density at radius 1 is 1.00 bits per heavy atom. The maximum atomic E-state index is 11.9. The van der Waals surface area contributed by atoms with E-state index in [4.69, 9.17) is 23.2 Å². The number of aromatic nitrogens is 2. The molecule has 32 heavy (non-hydrogen) atoms. The topological polar surface area (TPSA) is 95.7 Å². The Morgan fingerprint density at radius 3 is 2.31 bits per heavy atom. The summed E-state index contributed by atoms with van der Waals surface area (Å²) < 4.78 is 1.86. The minimum absolute atomic E-state index is 0.0308. The highest BCUT2D eigenvalue weighted by Gasteiger charge is 2.29. The Morgan fingerprint density at radius 2 is 1.69 bits per heavy atom. The Hall–Kier alpha value is -3.03. The highest BCUT2D eigenvalue weighted by Crippen LogP contribution is 2.20. The number of imidazole rings is 1. The fourth-order valence-electron chi connectivity index (χ4n) is 3.58. The van der Waals surface area contributed by atoms with Crippen molar-refractivity contribution in [3.05, 3.63) is 87.9 Å². The fourth-order valence-corrected chi connectivity index (χ4v) is 4.15. The molecule has 1 heterocycles. The van der Waals surface area contributed by atoms with E-state index >= 15 is 0 Å². The van der Waals surface area contributed by atoms with E-state index in [1.54, 1.807) is 30.7 Å². The summed E-state index contributed by atoms with van der Waals surface area (Å²) in [6.07, 6.45) is 2.99. The van der Waals surface area contributed by atoms with Crippen LogP contribution in [0.5, 0.6) is 0 Å². The normalized spacial score (nSPS) is 11.8. The summed E-state index contributed by atoms with van der Waals surface area (Å²) in [5, 5.41) is 20.4. The van der Waals surface area contributed by atoms with Gasteiger partial charge in [0.15, 0.2) is 0 Å². The summed E-state index contributed by atoms with van der Waals surface area (Å²) in [4.78, 5) is 28.9. The Kier molecular flexibility index (Phi) is 8.14. The van der Waals surface area contributed by atoms with Gasteiger partial charge >= 0.3 is 12.1 Å². The van der Waals surface area contributed by atoms with Crippen LogP contribution < -0.4 is 0 Å². The van der Waals surface area contributed by atoms with Gasteiger partial charge in [-0.1, -0.05) is 53.5 Å². The summed E-state index contributed by atoms with van der Waals surface area (Å²) in [5.74, 6) is -1.16. The minimum Gasteiger partial charge on any atom is -0.480 e. The van der Waals surface area contributed by atoms with Crippen molar-refractivity contribution in [1.82, 2.24) is 14.5 Å². The van der Waals surface area contributed by atoms with Crippen LogP contribution in [0.15, 0.2) is 61.1 Å². The number of nitrogens with zero attached hydrogens (tertiary/aromatic N) is 3. The van der Waals surface area contributed by atoms with E-state index in [2.05, 4.69) is 4.98 Å². The van der Waals surface area contributed by atoms with E-state index in [0.29, 0.717) is 29.4 Å². The van der Waals surface area contributed by atoms with Crippen LogP contribution in [0.25, 0.3) is 0 Å². The zero-order valence-electron chi connectivity index (χ0n) is 17.2. The second-order valence-corrected chi connectivity index (χ2v) is 8.27. The van der Waals surface area contributed by atoms with Crippen molar-refractivity contribution < 1.29 is 19.8 Å². The van der Waals surface area contributed by atoms with E-state index in [9.17, 15) is 19.8 Å². The predicted molar refractivity (Wildman–Crippen MR) is 122 cm³/mol. The first-order valence-electron chi connectivity index (χ1n) is 10.0. The first-order valence-corrected chi connectivity index (χ1v) is 10.8. The zero-order chi connectivity index (χ0) is 23.1. The van der Waals surface area contributed by atoms with E-state index < -0.39 is 18.1 Å². The Balaban J connectivity index is 1.69. The number of aliphatic carboxylic acids is 1. The third-order valence-corrected chi connectivity index (χ3v) is 5.58. The van der Waals surface area contributed by atoms with Gasteiger partial charge in [-0.25, -0.2) is 14.6 Å². The maximum Gasteiger partial charge on any atom is 0.408 e. The number of benzene rings is 2. The van der Waals surface area contributed by atoms with E-state index in [-0.39, 0.29) is 13.0 Å². The lowest BCUT2D eigenvalue weighted by atomic mass is 10.0. The summed E-state index contributed by atoms with van der Waals surface area (Å²) in [6.45, 7) is 0.488. The number of carboxylic acids is 1. The molecular weight excluding hydrogens is 453 g/mol. The molecule has 3 aromatic rings. The first kappa shape index (κ1) is 23.6. The number of carboxylic acid groups (broad SMARTS) is 2. The van der Waals surface area contributed by atoms with Crippen LogP contribution in [0.4, 0.5) is 4.79 Å². The summed E-state index contributed by atoms with van der Waals surface area (Å²) in [6, 6.07) is 13.5. The molecule has 168 valence electrons. The SMILES string of the molecule is O=C(O)[C@H](CCc1ccccc1)N(CCc1cncn1Cc1cc(Cl)cc(Cl)c1)C(=O)O. The molecule has 3 rings (SSSR count). The van der Waals surface area contributed by atoms with Crippen molar-refractivity contribution in [2.45, 2.75) is 31.8 Å². The zero-order valence-corrected chi connectivity index (χ0v) is 18.7. The predicted octanol–water partition coefficient (Wildman–Crippen LogP) is 4.85. The van der Waals surface area contributed by atoms with Crippen molar-refractivity contribution in [3.63, 3.8) is 0 Å². The summed E-state index contributed by atoms with van der Waals surface area (Å²) >= 11 is 12.1. The molecule has 0 fully saturated rings. The standard InChI is InChI=1S/C23H23Cl2N3O4/c24-18-10-17(11-19(25)12-18)14-27-15-26-13-20(27)8-9-28(23(31)32)21(22(29)30)7-6-16-4-2-1-3-5-16/h1-5,10-13,15,21H,6-9,14H2,(H,29,30)(H,31,32)/t21-/m0/s1. The smallest absolute Gasteiger partial charge is 0.408 e. The molecule has 7 nitrogen and oxygen atoms in total. The lowest BCUT2D eigenvalue weighted by Gasteiger charge is -2.26. The molecule has 9 heteroatoms. The molecule has 0 spiro atoms. The van der Waals surface area contributed by atoms with Gasteiger partial charge in [-0.3, -0.25) is 4.90 Å². The van der Waals surface area contributed by atoms with Gasteiger partial charge in [-0.05, 0) is 42.2 Å². The summed E-state index contributed by atoms with van der Waals surface area (Å²) in [5.41, 5.74) is 2.62. The molecule has 1 aromatic heterocycles. The highest BCUT2D eigenvalue weighted by molar-refractivity contribution is 6.34. The number of rotatable bonds is 10. The molecule has 1 amide bonds. The van der Waals surface area contributed by atoms with E-state index in [1.807, 2.05) is 34.9 Å². The molecule has 0 aliphatic rings. The quantitative estimate of drug-likeness (QED) is 0.436. The van der Waals surface area contributed by atoms with Crippen LogP contribution in [0.2, 0.25) is 10.0 Å². The first-order chi connectivity index (χ1) is 15.3. The Bertz CT molecular complexity index is 1050. The van der Waals surface area contributed by atoms with E-state index in [0.717, 1.165) is 21.7 Å². The van der Waals surface area contributed by atoms with Crippen molar-refractivity contribution in [2.75, 3.05) is 6.54 Å². The molecule has 0 aliphatic carbocycles. The Labute approximate surface area is 195 Å². The number of carbonyl (C=O) groups is 2. The lowest BCUT2D eigenvalue weighted by Crippen LogP contribution is -2.45.